The number of carboxylic acids is 1. The summed E-state index contributed by atoms with van der Waals surface area (Å²) in [6.07, 6.45) is 6.58. The molecule has 104 valence electrons. The first-order chi connectivity index (χ1) is 9.49. The number of hydrogen-bond donors (Lipinski definition) is 3. The van der Waals surface area contributed by atoms with Crippen molar-refractivity contribution in [1.29, 1.82) is 0 Å². The summed E-state index contributed by atoms with van der Waals surface area (Å²) < 4.78 is 0. The fourth-order valence-electron chi connectivity index (χ4n) is 2.08. The summed E-state index contributed by atoms with van der Waals surface area (Å²) in [6, 6.07) is 6.07. The molecule has 0 radical (unpaired) electrons. The van der Waals surface area contributed by atoms with E-state index in [1.54, 1.807) is 24.3 Å². The second-order valence-corrected chi connectivity index (χ2v) is 4.97. The average Bonchev–Trinajstić information content (AvgIpc) is 3.21. The fourth-order valence-corrected chi connectivity index (χ4v) is 2.08. The third kappa shape index (κ3) is 2.65. The predicted octanol–water partition coefficient (Wildman–Crippen LogP) is 1.09. The lowest BCUT2D eigenvalue weighted by Crippen LogP contribution is -2.35. The number of amides is 1. The number of nitrogens with two attached hydrogens (primary N) is 1. The van der Waals surface area contributed by atoms with Crippen LogP contribution in [0.1, 0.15) is 24.8 Å². The quantitative estimate of drug-likeness (QED) is 0.700. The molecule has 1 unspecified atom stereocenters. The summed E-state index contributed by atoms with van der Waals surface area (Å²) >= 11 is 0. The first-order valence-corrected chi connectivity index (χ1v) is 6.33. The van der Waals surface area contributed by atoms with Crippen LogP contribution in [0, 0.1) is 12.3 Å². The molecule has 1 saturated carbocycles. The topological polar surface area (TPSA) is 92.4 Å². The van der Waals surface area contributed by atoms with Crippen LogP contribution in [0.15, 0.2) is 24.3 Å². The monoisotopic (exact) mass is 272 g/mol. The van der Waals surface area contributed by atoms with E-state index in [-0.39, 0.29) is 12.3 Å². The largest absolute Gasteiger partial charge is 0.481 e. The van der Waals surface area contributed by atoms with E-state index in [4.69, 9.17) is 12.2 Å². The Kier molecular flexibility index (Phi) is 3.77. The number of rotatable bonds is 5. The fraction of sp³-hybridized carbons (Fsp3) is 0.333. The Hall–Kier alpha value is -2.32. The van der Waals surface area contributed by atoms with Crippen LogP contribution < -0.4 is 11.1 Å². The maximum absolute atomic E-state index is 11.7. The molecule has 20 heavy (non-hydrogen) atoms. The minimum absolute atomic E-state index is 0.173. The van der Waals surface area contributed by atoms with Crippen LogP contribution in [-0.4, -0.2) is 23.0 Å². The second-order valence-electron chi connectivity index (χ2n) is 4.97. The molecule has 0 aromatic heterocycles. The van der Waals surface area contributed by atoms with Gasteiger partial charge in [-0.1, -0.05) is 12.1 Å². The number of hydrogen-bond acceptors (Lipinski definition) is 3. The Morgan fingerprint density at radius 3 is 2.45 bits per heavy atom. The van der Waals surface area contributed by atoms with Crippen LogP contribution in [0.2, 0.25) is 0 Å². The van der Waals surface area contributed by atoms with Gasteiger partial charge in [0.25, 0.3) is 0 Å². The lowest BCUT2D eigenvalue weighted by Gasteiger charge is -2.12. The van der Waals surface area contributed by atoms with E-state index < -0.39 is 17.4 Å². The summed E-state index contributed by atoms with van der Waals surface area (Å²) in [5.74, 6) is 1.18. The molecule has 0 saturated heterocycles. The maximum atomic E-state index is 11.7. The van der Waals surface area contributed by atoms with Gasteiger partial charge in [0.1, 0.15) is 0 Å². The van der Waals surface area contributed by atoms with Gasteiger partial charge in [0.15, 0.2) is 0 Å². The lowest BCUT2D eigenvalue weighted by molar-refractivity contribution is -0.140. The number of benzene rings is 1. The highest BCUT2D eigenvalue weighted by atomic mass is 16.4. The number of terminal acetylenes is 1. The number of anilines is 1. The van der Waals surface area contributed by atoms with E-state index in [0.717, 1.165) is 5.56 Å². The Morgan fingerprint density at radius 2 is 2.00 bits per heavy atom. The highest BCUT2D eigenvalue weighted by molar-refractivity contribution is 5.95. The van der Waals surface area contributed by atoms with Crippen molar-refractivity contribution in [2.24, 2.45) is 5.73 Å². The minimum atomic E-state index is -0.801. The molecule has 0 heterocycles. The van der Waals surface area contributed by atoms with Crippen LogP contribution in [0.3, 0.4) is 0 Å². The van der Waals surface area contributed by atoms with Crippen molar-refractivity contribution in [2.75, 3.05) is 5.32 Å². The average molecular weight is 272 g/mol. The number of carboxylic acid groups (broad SMARTS) is 1. The van der Waals surface area contributed by atoms with Gasteiger partial charge in [-0.15, -0.1) is 12.3 Å². The Balaban J connectivity index is 2.05. The van der Waals surface area contributed by atoms with Crippen molar-refractivity contribution in [1.82, 2.24) is 0 Å². The molecule has 1 fully saturated rings. The molecule has 4 N–H and O–H groups in total. The summed E-state index contributed by atoms with van der Waals surface area (Å²) in [5, 5.41) is 11.8. The highest BCUT2D eigenvalue weighted by Crippen LogP contribution is 2.48. The number of nitrogens with one attached hydrogen (secondary N) is 1. The van der Waals surface area contributed by atoms with Crippen molar-refractivity contribution in [3.63, 3.8) is 0 Å². The minimum Gasteiger partial charge on any atom is -0.481 e. The first-order valence-electron chi connectivity index (χ1n) is 6.33. The van der Waals surface area contributed by atoms with E-state index >= 15 is 0 Å². The molecule has 1 aliphatic carbocycles. The van der Waals surface area contributed by atoms with Gasteiger partial charge in [-0.3, -0.25) is 9.59 Å². The van der Waals surface area contributed by atoms with Gasteiger partial charge >= 0.3 is 5.97 Å². The van der Waals surface area contributed by atoms with Crippen LogP contribution in [0.4, 0.5) is 5.69 Å². The second kappa shape index (κ2) is 5.35. The van der Waals surface area contributed by atoms with Crippen molar-refractivity contribution in [3.05, 3.63) is 29.8 Å². The molecule has 1 aromatic rings. The van der Waals surface area contributed by atoms with Crippen molar-refractivity contribution in [3.8, 4) is 12.3 Å². The molecule has 1 aliphatic rings. The molecular weight excluding hydrogens is 256 g/mol. The molecule has 1 atom stereocenters. The summed E-state index contributed by atoms with van der Waals surface area (Å²) in [5.41, 5.74) is 6.19. The van der Waals surface area contributed by atoms with E-state index in [1.807, 2.05) is 0 Å². The van der Waals surface area contributed by atoms with Gasteiger partial charge in [-0.25, -0.2) is 0 Å². The molecule has 0 spiro atoms. The van der Waals surface area contributed by atoms with Crippen LogP contribution in [0.5, 0.6) is 0 Å². The van der Waals surface area contributed by atoms with E-state index in [9.17, 15) is 14.7 Å². The summed E-state index contributed by atoms with van der Waals surface area (Å²) in [7, 11) is 0. The third-order valence-electron chi connectivity index (χ3n) is 3.54. The molecule has 5 nitrogen and oxygen atoms in total. The van der Waals surface area contributed by atoms with Gasteiger partial charge in [0.05, 0.1) is 11.5 Å². The highest BCUT2D eigenvalue weighted by Gasteiger charge is 2.51. The van der Waals surface area contributed by atoms with Gasteiger partial charge in [-0.05, 0) is 30.5 Å². The molecule has 0 bridgehead atoms. The standard InChI is InChI=1S/C15H16N2O3/c1-2-3-12(16)13(18)17-11-6-4-10(5-7-11)15(8-9-15)14(19)20/h1,4-7,12H,3,8-9,16H2,(H,17,18)(H,19,20). The Bertz CT molecular complexity index is 568. The van der Waals surface area contributed by atoms with Crippen LogP contribution in [-0.2, 0) is 15.0 Å². The maximum Gasteiger partial charge on any atom is 0.314 e. The van der Waals surface area contributed by atoms with E-state index in [2.05, 4.69) is 11.2 Å². The predicted molar refractivity (Wildman–Crippen MR) is 75.0 cm³/mol. The molecule has 2 rings (SSSR count). The molecular formula is C15H16N2O3. The Morgan fingerprint density at radius 1 is 1.40 bits per heavy atom. The SMILES string of the molecule is C#CCC(N)C(=O)Nc1ccc(C2(C(=O)O)CC2)cc1. The summed E-state index contributed by atoms with van der Waals surface area (Å²) in [4.78, 5) is 22.9. The van der Waals surface area contributed by atoms with Crippen LogP contribution in [0.25, 0.3) is 0 Å². The smallest absolute Gasteiger partial charge is 0.314 e. The molecule has 1 amide bonds. The molecule has 0 aliphatic heterocycles. The van der Waals surface area contributed by atoms with Crippen molar-refractivity contribution < 1.29 is 14.7 Å². The zero-order valence-electron chi connectivity index (χ0n) is 10.9. The third-order valence-corrected chi connectivity index (χ3v) is 3.54. The van der Waals surface area contributed by atoms with Gasteiger partial charge < -0.3 is 16.2 Å². The Labute approximate surface area is 117 Å². The molecule has 1 aromatic carbocycles. The zero-order valence-corrected chi connectivity index (χ0v) is 10.9. The first kappa shape index (κ1) is 14.1. The number of carbonyl (C=O) groups excluding carboxylic acids is 1. The van der Waals surface area contributed by atoms with Gasteiger partial charge in [0, 0.05) is 12.1 Å². The van der Waals surface area contributed by atoms with Crippen molar-refractivity contribution in [2.45, 2.75) is 30.7 Å². The summed E-state index contributed by atoms with van der Waals surface area (Å²) in [6.45, 7) is 0. The lowest BCUT2D eigenvalue weighted by atomic mass is 9.96. The van der Waals surface area contributed by atoms with Gasteiger partial charge in [0.2, 0.25) is 5.91 Å². The van der Waals surface area contributed by atoms with E-state index in [1.165, 1.54) is 0 Å². The van der Waals surface area contributed by atoms with Gasteiger partial charge in [-0.2, -0.15) is 0 Å². The van der Waals surface area contributed by atoms with E-state index in [0.29, 0.717) is 18.5 Å². The number of carbonyl (C=O) groups is 2. The molecule has 5 heteroatoms. The van der Waals surface area contributed by atoms with Crippen molar-refractivity contribution >= 4 is 17.6 Å². The zero-order chi connectivity index (χ0) is 14.8. The van der Waals surface area contributed by atoms with Crippen LogP contribution >= 0.6 is 0 Å². The normalized spacial score (nSPS) is 16.8. The number of aliphatic carboxylic acids is 1.